The van der Waals surface area contributed by atoms with Gasteiger partial charge in [0.1, 0.15) is 12.4 Å². The number of methoxy groups -OCH3 is 1. The predicted molar refractivity (Wildman–Crippen MR) is 129 cm³/mol. The standard InChI is InChI=1S/C27H24N2O4/c1-31-26-16-20(17-28-29-27(30)19-32-23-11-3-2-4-12-23)14-15-25(26)33-18-22-10-7-9-21-8-5-6-13-24(21)22/h2-17H,18-19H2,1H3,(H,29,30)/b28-17-. The van der Waals surface area contributed by atoms with Gasteiger partial charge in [-0.15, -0.1) is 0 Å². The van der Waals surface area contributed by atoms with Gasteiger partial charge in [0.05, 0.1) is 13.3 Å². The molecule has 0 saturated carbocycles. The largest absolute Gasteiger partial charge is 0.493 e. The molecule has 0 bridgehead atoms. The highest BCUT2D eigenvalue weighted by Gasteiger charge is 2.08. The zero-order valence-corrected chi connectivity index (χ0v) is 18.2. The fourth-order valence-corrected chi connectivity index (χ4v) is 3.33. The smallest absolute Gasteiger partial charge is 0.277 e. The van der Waals surface area contributed by atoms with Crippen LogP contribution in [0.5, 0.6) is 17.2 Å². The molecule has 0 aliphatic carbocycles. The van der Waals surface area contributed by atoms with Crippen LogP contribution in [0.15, 0.2) is 96.1 Å². The first-order valence-corrected chi connectivity index (χ1v) is 10.5. The summed E-state index contributed by atoms with van der Waals surface area (Å²) in [4.78, 5) is 11.9. The van der Waals surface area contributed by atoms with Crippen molar-refractivity contribution in [3.63, 3.8) is 0 Å². The molecule has 0 unspecified atom stereocenters. The van der Waals surface area contributed by atoms with Crippen LogP contribution in [0.2, 0.25) is 0 Å². The molecule has 166 valence electrons. The summed E-state index contributed by atoms with van der Waals surface area (Å²) in [7, 11) is 1.59. The highest BCUT2D eigenvalue weighted by atomic mass is 16.5. The number of rotatable bonds is 9. The molecule has 0 fully saturated rings. The van der Waals surface area contributed by atoms with E-state index in [1.165, 1.54) is 11.6 Å². The minimum Gasteiger partial charge on any atom is -0.493 e. The lowest BCUT2D eigenvalue weighted by atomic mass is 10.1. The second kappa shape index (κ2) is 10.8. The third-order valence-corrected chi connectivity index (χ3v) is 4.97. The zero-order valence-electron chi connectivity index (χ0n) is 18.2. The van der Waals surface area contributed by atoms with Crippen molar-refractivity contribution >= 4 is 22.9 Å². The second-order valence-corrected chi connectivity index (χ2v) is 7.23. The van der Waals surface area contributed by atoms with Crippen molar-refractivity contribution < 1.29 is 19.0 Å². The molecular weight excluding hydrogens is 416 g/mol. The Morgan fingerprint density at radius 2 is 1.67 bits per heavy atom. The molecule has 0 radical (unpaired) electrons. The van der Waals surface area contributed by atoms with Crippen LogP contribution in [-0.2, 0) is 11.4 Å². The maximum Gasteiger partial charge on any atom is 0.277 e. The molecule has 0 aromatic heterocycles. The van der Waals surface area contributed by atoms with Crippen LogP contribution in [0.3, 0.4) is 0 Å². The number of nitrogens with one attached hydrogen (secondary N) is 1. The van der Waals surface area contributed by atoms with E-state index in [4.69, 9.17) is 14.2 Å². The number of para-hydroxylation sites is 1. The van der Waals surface area contributed by atoms with Crippen LogP contribution in [0.1, 0.15) is 11.1 Å². The lowest BCUT2D eigenvalue weighted by Gasteiger charge is -2.12. The van der Waals surface area contributed by atoms with Crippen LogP contribution in [0.4, 0.5) is 0 Å². The predicted octanol–water partition coefficient (Wildman–Crippen LogP) is 4.96. The van der Waals surface area contributed by atoms with Gasteiger partial charge in [0.2, 0.25) is 0 Å². The van der Waals surface area contributed by atoms with Crippen LogP contribution in [-0.4, -0.2) is 25.8 Å². The molecule has 4 aromatic rings. The Balaban J connectivity index is 1.34. The third-order valence-electron chi connectivity index (χ3n) is 4.97. The Bertz CT molecular complexity index is 1250. The Kier molecular flexibility index (Phi) is 7.18. The van der Waals surface area contributed by atoms with Gasteiger partial charge in [-0.2, -0.15) is 5.10 Å². The monoisotopic (exact) mass is 440 g/mol. The van der Waals surface area contributed by atoms with Crippen LogP contribution in [0.25, 0.3) is 10.8 Å². The Hall–Kier alpha value is -4.32. The quantitative estimate of drug-likeness (QED) is 0.295. The van der Waals surface area contributed by atoms with E-state index < -0.39 is 0 Å². The molecule has 6 heteroatoms. The van der Waals surface area contributed by atoms with E-state index in [0.29, 0.717) is 23.9 Å². The summed E-state index contributed by atoms with van der Waals surface area (Å²) in [6, 6.07) is 29.0. The Labute approximate surface area is 192 Å². The lowest BCUT2D eigenvalue weighted by molar-refractivity contribution is -0.123. The molecule has 0 saturated heterocycles. The van der Waals surface area contributed by atoms with Crippen molar-refractivity contribution in [2.75, 3.05) is 13.7 Å². The van der Waals surface area contributed by atoms with Gasteiger partial charge in [-0.1, -0.05) is 60.7 Å². The van der Waals surface area contributed by atoms with E-state index in [1.807, 2.05) is 48.5 Å². The van der Waals surface area contributed by atoms with Crippen molar-refractivity contribution in [1.29, 1.82) is 0 Å². The van der Waals surface area contributed by atoms with E-state index in [-0.39, 0.29) is 12.5 Å². The molecule has 4 aromatic carbocycles. The van der Waals surface area contributed by atoms with Gasteiger partial charge in [0.15, 0.2) is 18.1 Å². The van der Waals surface area contributed by atoms with Crippen LogP contribution < -0.4 is 19.6 Å². The van der Waals surface area contributed by atoms with Gasteiger partial charge in [-0.05, 0) is 52.2 Å². The zero-order chi connectivity index (χ0) is 22.9. The molecule has 0 aliphatic heterocycles. The molecule has 0 spiro atoms. The first kappa shape index (κ1) is 21.9. The molecule has 0 atom stereocenters. The molecule has 1 N–H and O–H groups in total. The average Bonchev–Trinajstić information content (AvgIpc) is 2.87. The molecule has 4 rings (SSSR count). The summed E-state index contributed by atoms with van der Waals surface area (Å²) in [5.74, 6) is 1.48. The van der Waals surface area contributed by atoms with Gasteiger partial charge in [0, 0.05) is 0 Å². The van der Waals surface area contributed by atoms with Crippen molar-refractivity contribution in [3.8, 4) is 17.2 Å². The highest BCUT2D eigenvalue weighted by Crippen LogP contribution is 2.29. The number of carbonyl (C=O) groups is 1. The molecule has 0 aliphatic rings. The number of ether oxygens (including phenoxy) is 3. The number of nitrogens with zero attached hydrogens (tertiary/aromatic N) is 1. The highest BCUT2D eigenvalue weighted by molar-refractivity contribution is 5.86. The molecule has 33 heavy (non-hydrogen) atoms. The van der Waals surface area contributed by atoms with Crippen molar-refractivity contribution in [1.82, 2.24) is 5.43 Å². The molecular formula is C27H24N2O4. The third kappa shape index (κ3) is 5.89. The number of amides is 1. The van der Waals surface area contributed by atoms with Crippen molar-refractivity contribution in [2.24, 2.45) is 5.10 Å². The summed E-state index contributed by atoms with van der Waals surface area (Å²) in [6.07, 6.45) is 1.54. The summed E-state index contributed by atoms with van der Waals surface area (Å²) >= 11 is 0. The van der Waals surface area contributed by atoms with E-state index in [1.54, 1.807) is 25.3 Å². The van der Waals surface area contributed by atoms with Crippen molar-refractivity contribution in [2.45, 2.75) is 6.61 Å². The first-order valence-electron chi connectivity index (χ1n) is 10.5. The number of benzene rings is 4. The topological polar surface area (TPSA) is 69.2 Å². The molecule has 0 heterocycles. The summed E-state index contributed by atoms with van der Waals surface area (Å²) in [5.41, 5.74) is 4.31. The van der Waals surface area contributed by atoms with Gasteiger partial charge in [-0.25, -0.2) is 5.43 Å². The van der Waals surface area contributed by atoms with Crippen LogP contribution in [0, 0.1) is 0 Å². The van der Waals surface area contributed by atoms with Gasteiger partial charge < -0.3 is 14.2 Å². The van der Waals surface area contributed by atoms with E-state index in [0.717, 1.165) is 16.5 Å². The Morgan fingerprint density at radius 3 is 2.52 bits per heavy atom. The average molecular weight is 440 g/mol. The number of hydrazone groups is 1. The van der Waals surface area contributed by atoms with Gasteiger partial charge >= 0.3 is 0 Å². The fraction of sp³-hybridized carbons (Fsp3) is 0.111. The molecule has 1 amide bonds. The van der Waals surface area contributed by atoms with Crippen LogP contribution >= 0.6 is 0 Å². The maximum atomic E-state index is 11.9. The van der Waals surface area contributed by atoms with E-state index in [9.17, 15) is 4.79 Å². The van der Waals surface area contributed by atoms with E-state index >= 15 is 0 Å². The minimum atomic E-state index is -0.350. The van der Waals surface area contributed by atoms with Crippen molar-refractivity contribution in [3.05, 3.63) is 102 Å². The molecule has 6 nitrogen and oxygen atoms in total. The Morgan fingerprint density at radius 1 is 0.879 bits per heavy atom. The minimum absolute atomic E-state index is 0.119. The number of hydrogen-bond donors (Lipinski definition) is 1. The van der Waals surface area contributed by atoms with Gasteiger partial charge in [-0.3, -0.25) is 4.79 Å². The maximum absolute atomic E-state index is 11.9. The van der Waals surface area contributed by atoms with Gasteiger partial charge in [0.25, 0.3) is 5.91 Å². The van der Waals surface area contributed by atoms with E-state index in [2.05, 4.69) is 34.8 Å². The summed E-state index contributed by atoms with van der Waals surface area (Å²) in [6.45, 7) is 0.300. The summed E-state index contributed by atoms with van der Waals surface area (Å²) in [5, 5.41) is 6.32. The first-order chi connectivity index (χ1) is 16.2. The summed E-state index contributed by atoms with van der Waals surface area (Å²) < 4.78 is 16.9. The normalized spacial score (nSPS) is 10.8. The lowest BCUT2D eigenvalue weighted by Crippen LogP contribution is -2.24. The fourth-order valence-electron chi connectivity index (χ4n) is 3.33. The number of hydrogen-bond acceptors (Lipinski definition) is 5. The second-order valence-electron chi connectivity index (χ2n) is 7.23. The number of fused-ring (bicyclic) bond motifs is 1. The SMILES string of the molecule is COc1cc(/C=N\NC(=O)COc2ccccc2)ccc1OCc1cccc2ccccc12. The number of carbonyl (C=O) groups excluding carboxylic acids is 1.